The molecule has 124 valence electrons. The molecule has 0 saturated heterocycles. The van der Waals surface area contributed by atoms with Crippen molar-refractivity contribution in [2.24, 2.45) is 0 Å². The molecular formula is C18H17NO5. The van der Waals surface area contributed by atoms with E-state index in [2.05, 4.69) is 4.98 Å². The molecule has 0 aliphatic heterocycles. The zero-order valence-corrected chi connectivity index (χ0v) is 13.4. The Kier molecular flexibility index (Phi) is 4.65. The van der Waals surface area contributed by atoms with E-state index in [1.807, 2.05) is 24.3 Å². The smallest absolute Gasteiger partial charge is 0.400 e. The summed E-state index contributed by atoms with van der Waals surface area (Å²) in [6.07, 6.45) is -0.501. The van der Waals surface area contributed by atoms with E-state index >= 15 is 0 Å². The summed E-state index contributed by atoms with van der Waals surface area (Å²) in [4.78, 5) is 15.8. The minimum atomic E-state index is -0.672. The van der Waals surface area contributed by atoms with Crippen LogP contribution in [0.3, 0.4) is 0 Å². The number of rotatable bonds is 6. The topological polar surface area (TPSA) is 70.8 Å². The molecule has 6 heteroatoms. The maximum absolute atomic E-state index is 11.5. The first kappa shape index (κ1) is 15.9. The number of esters is 1. The SMILES string of the molecule is CCOC(=O)[C@@H](C)Oc1ccc(Oc2nc3ccccc3o2)cc1. The third-order valence-electron chi connectivity index (χ3n) is 3.23. The number of benzene rings is 2. The van der Waals surface area contributed by atoms with E-state index in [-0.39, 0.29) is 6.08 Å². The molecule has 0 radical (unpaired) electrons. The molecule has 0 N–H and O–H groups in total. The van der Waals surface area contributed by atoms with Gasteiger partial charge in [0.1, 0.15) is 17.0 Å². The summed E-state index contributed by atoms with van der Waals surface area (Å²) in [6.45, 7) is 3.72. The van der Waals surface area contributed by atoms with Crippen molar-refractivity contribution >= 4 is 17.1 Å². The Morgan fingerprint density at radius 1 is 1.12 bits per heavy atom. The van der Waals surface area contributed by atoms with E-state index < -0.39 is 12.1 Å². The monoisotopic (exact) mass is 327 g/mol. The maximum Gasteiger partial charge on any atom is 0.400 e. The zero-order valence-electron chi connectivity index (χ0n) is 13.4. The Morgan fingerprint density at radius 3 is 2.54 bits per heavy atom. The molecule has 1 aromatic heterocycles. The number of ether oxygens (including phenoxy) is 3. The van der Waals surface area contributed by atoms with Gasteiger partial charge in [-0.1, -0.05) is 12.1 Å². The maximum atomic E-state index is 11.5. The van der Waals surface area contributed by atoms with E-state index in [0.29, 0.717) is 23.7 Å². The van der Waals surface area contributed by atoms with Crippen LogP contribution in [-0.4, -0.2) is 23.7 Å². The van der Waals surface area contributed by atoms with Crippen molar-refractivity contribution in [2.45, 2.75) is 20.0 Å². The van der Waals surface area contributed by atoms with Crippen molar-refractivity contribution < 1.29 is 23.4 Å². The van der Waals surface area contributed by atoms with Crippen LogP contribution in [0.5, 0.6) is 17.6 Å². The number of hydrogen-bond donors (Lipinski definition) is 0. The number of aromatic nitrogens is 1. The van der Waals surface area contributed by atoms with Crippen LogP contribution in [0.1, 0.15) is 13.8 Å². The second kappa shape index (κ2) is 7.04. The third kappa shape index (κ3) is 3.65. The van der Waals surface area contributed by atoms with Crippen LogP contribution in [-0.2, 0) is 9.53 Å². The van der Waals surface area contributed by atoms with Crippen molar-refractivity contribution in [3.8, 4) is 17.6 Å². The van der Waals surface area contributed by atoms with Crippen molar-refractivity contribution in [1.82, 2.24) is 4.98 Å². The number of nitrogens with zero attached hydrogens (tertiary/aromatic N) is 1. The van der Waals surface area contributed by atoms with Gasteiger partial charge < -0.3 is 18.6 Å². The largest absolute Gasteiger partial charge is 0.479 e. The van der Waals surface area contributed by atoms with Gasteiger partial charge >= 0.3 is 12.0 Å². The van der Waals surface area contributed by atoms with Crippen LogP contribution in [0, 0.1) is 0 Å². The predicted octanol–water partition coefficient (Wildman–Crippen LogP) is 3.95. The van der Waals surface area contributed by atoms with Crippen molar-refractivity contribution in [2.75, 3.05) is 6.61 Å². The minimum Gasteiger partial charge on any atom is -0.479 e. The van der Waals surface area contributed by atoms with Gasteiger partial charge in [0.25, 0.3) is 0 Å². The van der Waals surface area contributed by atoms with Crippen LogP contribution in [0.25, 0.3) is 11.1 Å². The molecule has 24 heavy (non-hydrogen) atoms. The molecule has 0 saturated carbocycles. The Bertz CT molecular complexity index is 792. The van der Waals surface area contributed by atoms with Gasteiger partial charge in [0, 0.05) is 0 Å². The van der Waals surface area contributed by atoms with Crippen LogP contribution in [0.2, 0.25) is 0 Å². The van der Waals surface area contributed by atoms with Gasteiger partial charge in [0.15, 0.2) is 11.7 Å². The van der Waals surface area contributed by atoms with Crippen molar-refractivity contribution in [3.63, 3.8) is 0 Å². The third-order valence-corrected chi connectivity index (χ3v) is 3.23. The lowest BCUT2D eigenvalue weighted by Gasteiger charge is -2.13. The molecule has 3 aromatic rings. The molecule has 0 bridgehead atoms. The summed E-state index contributed by atoms with van der Waals surface area (Å²) in [5.41, 5.74) is 1.39. The molecule has 2 aromatic carbocycles. The van der Waals surface area contributed by atoms with E-state index in [0.717, 1.165) is 5.52 Å². The molecule has 0 amide bonds. The normalized spacial score (nSPS) is 11.9. The van der Waals surface area contributed by atoms with E-state index in [4.69, 9.17) is 18.6 Å². The van der Waals surface area contributed by atoms with Crippen LogP contribution in [0.15, 0.2) is 52.9 Å². The Morgan fingerprint density at radius 2 is 1.83 bits per heavy atom. The highest BCUT2D eigenvalue weighted by atomic mass is 16.6. The Balaban J connectivity index is 1.65. The van der Waals surface area contributed by atoms with Gasteiger partial charge in [0.05, 0.1) is 6.61 Å². The standard InChI is InChI=1S/C18H17NO5/c1-3-21-17(20)12(2)22-13-8-10-14(11-9-13)23-18-19-15-6-4-5-7-16(15)24-18/h4-12H,3H2,1-2H3/t12-/m1/s1. The zero-order chi connectivity index (χ0) is 16.9. The molecule has 0 unspecified atom stereocenters. The second-order valence-corrected chi connectivity index (χ2v) is 5.03. The molecule has 0 aliphatic rings. The van der Waals surface area contributed by atoms with Crippen LogP contribution in [0.4, 0.5) is 0 Å². The fraction of sp³-hybridized carbons (Fsp3) is 0.222. The highest BCUT2D eigenvalue weighted by Crippen LogP contribution is 2.26. The summed E-state index contributed by atoms with van der Waals surface area (Å²) < 4.78 is 21.5. The van der Waals surface area contributed by atoms with Crippen molar-refractivity contribution in [1.29, 1.82) is 0 Å². The molecule has 0 aliphatic carbocycles. The van der Waals surface area contributed by atoms with Gasteiger partial charge in [-0.15, -0.1) is 0 Å². The van der Waals surface area contributed by atoms with Crippen LogP contribution >= 0.6 is 0 Å². The fourth-order valence-corrected chi connectivity index (χ4v) is 2.09. The highest BCUT2D eigenvalue weighted by molar-refractivity contribution is 5.74. The Hall–Kier alpha value is -3.02. The molecular weight excluding hydrogens is 310 g/mol. The lowest BCUT2D eigenvalue weighted by Crippen LogP contribution is -2.25. The molecule has 0 fully saturated rings. The number of fused-ring (bicyclic) bond motifs is 1. The van der Waals surface area contributed by atoms with E-state index in [1.54, 1.807) is 38.1 Å². The number of hydrogen-bond acceptors (Lipinski definition) is 6. The molecule has 0 spiro atoms. The van der Waals surface area contributed by atoms with E-state index in [1.165, 1.54) is 0 Å². The molecule has 6 nitrogen and oxygen atoms in total. The Labute approximate surface area is 139 Å². The fourth-order valence-electron chi connectivity index (χ4n) is 2.09. The molecule has 1 heterocycles. The highest BCUT2D eigenvalue weighted by Gasteiger charge is 2.15. The average molecular weight is 327 g/mol. The quantitative estimate of drug-likeness (QED) is 0.638. The lowest BCUT2D eigenvalue weighted by atomic mass is 10.3. The molecule has 3 rings (SSSR count). The number of oxazole rings is 1. The lowest BCUT2D eigenvalue weighted by molar-refractivity contribution is -0.150. The van der Waals surface area contributed by atoms with Gasteiger partial charge in [-0.3, -0.25) is 0 Å². The minimum absolute atomic E-state index is 0.171. The first-order chi connectivity index (χ1) is 11.7. The van der Waals surface area contributed by atoms with Gasteiger partial charge in [0.2, 0.25) is 0 Å². The predicted molar refractivity (Wildman–Crippen MR) is 87.2 cm³/mol. The van der Waals surface area contributed by atoms with Gasteiger partial charge in [-0.2, -0.15) is 4.98 Å². The summed E-state index contributed by atoms with van der Waals surface area (Å²) in [6, 6.07) is 14.2. The first-order valence-corrected chi connectivity index (χ1v) is 7.62. The van der Waals surface area contributed by atoms with Gasteiger partial charge in [-0.05, 0) is 50.2 Å². The first-order valence-electron chi connectivity index (χ1n) is 7.62. The second-order valence-electron chi connectivity index (χ2n) is 5.03. The molecule has 1 atom stereocenters. The van der Waals surface area contributed by atoms with Crippen molar-refractivity contribution in [3.05, 3.63) is 48.5 Å². The summed E-state index contributed by atoms with van der Waals surface area (Å²) >= 11 is 0. The number of carbonyl (C=O) groups is 1. The summed E-state index contributed by atoms with van der Waals surface area (Å²) in [7, 11) is 0. The summed E-state index contributed by atoms with van der Waals surface area (Å²) in [5.74, 6) is 0.697. The number of para-hydroxylation sites is 2. The van der Waals surface area contributed by atoms with Crippen LogP contribution < -0.4 is 9.47 Å². The van der Waals surface area contributed by atoms with E-state index in [9.17, 15) is 4.79 Å². The van der Waals surface area contributed by atoms with Gasteiger partial charge in [-0.25, -0.2) is 4.79 Å². The number of carbonyl (C=O) groups excluding carboxylic acids is 1. The average Bonchev–Trinajstić information content (AvgIpc) is 2.99. The summed E-state index contributed by atoms with van der Waals surface area (Å²) in [5, 5.41) is 0.